The molecule has 0 spiro atoms. The van der Waals surface area contributed by atoms with E-state index >= 15 is 0 Å². The van der Waals surface area contributed by atoms with Crippen LogP contribution in [0.5, 0.6) is 0 Å². The third kappa shape index (κ3) is 6.46. The molecule has 268 valence electrons. The molecule has 57 heavy (non-hydrogen) atoms. The van der Waals surface area contributed by atoms with E-state index in [-0.39, 0.29) is 0 Å². The molecule has 1 heteroatoms. The lowest BCUT2D eigenvalue weighted by molar-refractivity contribution is 1.28. The Kier molecular flexibility index (Phi) is 8.95. The minimum absolute atomic E-state index is 1.09. The lowest BCUT2D eigenvalue weighted by atomic mass is 9.84. The normalized spacial score (nSPS) is 11.2. The Labute approximate surface area is 334 Å². The van der Waals surface area contributed by atoms with Crippen LogP contribution in [0, 0.1) is 0 Å². The summed E-state index contributed by atoms with van der Waals surface area (Å²) in [6.45, 7) is 0. The zero-order valence-corrected chi connectivity index (χ0v) is 31.5. The number of anilines is 3. The molecule has 0 aliphatic heterocycles. The van der Waals surface area contributed by atoms with Gasteiger partial charge in [0.1, 0.15) is 0 Å². The van der Waals surface area contributed by atoms with Crippen LogP contribution >= 0.6 is 0 Å². The van der Waals surface area contributed by atoms with Crippen molar-refractivity contribution in [1.82, 2.24) is 0 Å². The third-order valence-corrected chi connectivity index (χ3v) is 11.0. The smallest absolute Gasteiger partial charge is 0.0540 e. The Morgan fingerprint density at radius 3 is 1.21 bits per heavy atom. The molecule has 0 saturated carbocycles. The molecule has 0 fully saturated rings. The Balaban J connectivity index is 1.23. The average molecular weight is 726 g/mol. The molecule has 0 bridgehead atoms. The molecule has 0 atom stereocenters. The summed E-state index contributed by atoms with van der Waals surface area (Å²) in [5.74, 6) is 0. The first-order valence-corrected chi connectivity index (χ1v) is 19.6. The summed E-state index contributed by atoms with van der Waals surface area (Å²) < 4.78 is 0. The van der Waals surface area contributed by atoms with Crippen LogP contribution in [0.15, 0.2) is 237 Å². The maximum atomic E-state index is 2.42. The first-order valence-electron chi connectivity index (χ1n) is 19.6. The first kappa shape index (κ1) is 34.0. The average Bonchev–Trinajstić information content (AvgIpc) is 3.30. The zero-order valence-electron chi connectivity index (χ0n) is 31.5. The molecule has 0 aromatic heterocycles. The first-order chi connectivity index (χ1) is 28.3. The summed E-state index contributed by atoms with van der Waals surface area (Å²) in [6, 6.07) is 85.7. The molecule has 0 aliphatic carbocycles. The minimum Gasteiger partial charge on any atom is -0.310 e. The van der Waals surface area contributed by atoms with Gasteiger partial charge in [0.2, 0.25) is 0 Å². The molecule has 10 rings (SSSR count). The van der Waals surface area contributed by atoms with E-state index in [1.165, 1.54) is 66.1 Å². The molecular formula is C56H39N. The van der Waals surface area contributed by atoms with E-state index in [4.69, 9.17) is 0 Å². The van der Waals surface area contributed by atoms with E-state index in [0.29, 0.717) is 0 Å². The van der Waals surface area contributed by atoms with E-state index in [0.717, 1.165) is 28.2 Å². The summed E-state index contributed by atoms with van der Waals surface area (Å²) in [4.78, 5) is 2.42. The molecule has 10 aromatic carbocycles. The molecule has 0 saturated heterocycles. The largest absolute Gasteiger partial charge is 0.310 e. The van der Waals surface area contributed by atoms with Crippen LogP contribution in [0.3, 0.4) is 0 Å². The Morgan fingerprint density at radius 1 is 0.228 bits per heavy atom. The molecule has 1 nitrogen and oxygen atoms in total. The second-order valence-electron chi connectivity index (χ2n) is 14.5. The van der Waals surface area contributed by atoms with Crippen LogP contribution in [0.4, 0.5) is 17.1 Å². The zero-order chi connectivity index (χ0) is 38.0. The van der Waals surface area contributed by atoms with E-state index in [1.807, 2.05) is 0 Å². The van der Waals surface area contributed by atoms with Gasteiger partial charge in [0.25, 0.3) is 0 Å². The van der Waals surface area contributed by atoms with Crippen LogP contribution in [0.2, 0.25) is 0 Å². The van der Waals surface area contributed by atoms with Crippen molar-refractivity contribution in [3.63, 3.8) is 0 Å². The highest BCUT2D eigenvalue weighted by atomic mass is 15.1. The second kappa shape index (κ2) is 15.0. The topological polar surface area (TPSA) is 3.24 Å². The number of hydrogen-bond donors (Lipinski definition) is 0. The summed E-state index contributed by atoms with van der Waals surface area (Å²) in [7, 11) is 0. The SMILES string of the molecule is c1ccc(-c2cccc(N(c3cccc(-c4ccccc4)c3)c3ccccc3-c3ccc4c(c3)c(-c3ccccc3)c(-c3ccccc3)c3ccccc34)c2)cc1. The molecule has 0 heterocycles. The van der Waals surface area contributed by atoms with Crippen LogP contribution in [-0.2, 0) is 0 Å². The molecule has 0 aliphatic rings. The van der Waals surface area contributed by atoms with Gasteiger partial charge in [-0.2, -0.15) is 0 Å². The van der Waals surface area contributed by atoms with E-state index in [9.17, 15) is 0 Å². The minimum atomic E-state index is 1.09. The predicted octanol–water partition coefficient (Wildman–Crippen LogP) is 15.8. The van der Waals surface area contributed by atoms with Gasteiger partial charge in [-0.15, -0.1) is 0 Å². The highest BCUT2D eigenvalue weighted by Gasteiger charge is 2.21. The number of benzene rings is 10. The summed E-state index contributed by atoms with van der Waals surface area (Å²) in [5, 5.41) is 4.98. The van der Waals surface area contributed by atoms with Crippen molar-refractivity contribution in [3.05, 3.63) is 237 Å². The van der Waals surface area contributed by atoms with Crippen molar-refractivity contribution >= 4 is 38.6 Å². The van der Waals surface area contributed by atoms with Crippen molar-refractivity contribution in [1.29, 1.82) is 0 Å². The number of hydrogen-bond acceptors (Lipinski definition) is 1. The fourth-order valence-corrected chi connectivity index (χ4v) is 8.42. The maximum absolute atomic E-state index is 2.42. The van der Waals surface area contributed by atoms with Gasteiger partial charge >= 0.3 is 0 Å². The van der Waals surface area contributed by atoms with Gasteiger partial charge in [-0.25, -0.2) is 0 Å². The molecule has 0 N–H and O–H groups in total. The van der Waals surface area contributed by atoms with Crippen molar-refractivity contribution < 1.29 is 0 Å². The fourth-order valence-electron chi connectivity index (χ4n) is 8.42. The van der Waals surface area contributed by atoms with Gasteiger partial charge < -0.3 is 4.90 Å². The van der Waals surface area contributed by atoms with Crippen LogP contribution in [-0.4, -0.2) is 0 Å². The molecular weight excluding hydrogens is 687 g/mol. The Bertz CT molecular complexity index is 2910. The van der Waals surface area contributed by atoms with Gasteiger partial charge in [-0.05, 0) is 108 Å². The molecule has 0 unspecified atom stereocenters. The van der Waals surface area contributed by atoms with Crippen molar-refractivity contribution in [2.45, 2.75) is 0 Å². The standard InChI is InChI=1S/C56H39N/c1-5-19-40(20-6-1)44-27-17-29-47(37-44)57(48-30-18-28-45(38-48)41-21-7-2-8-22-41)54-34-16-15-31-49(54)46-35-36-51-50-32-13-14-33-52(50)55(42-23-9-3-10-24-42)56(53(51)39-46)43-25-11-4-12-26-43/h1-39H. The second-order valence-corrected chi connectivity index (χ2v) is 14.5. The van der Waals surface area contributed by atoms with Gasteiger partial charge in [0.05, 0.1) is 5.69 Å². The maximum Gasteiger partial charge on any atom is 0.0540 e. The highest BCUT2D eigenvalue weighted by molar-refractivity contribution is 6.22. The van der Waals surface area contributed by atoms with E-state index in [2.05, 4.69) is 241 Å². The van der Waals surface area contributed by atoms with Gasteiger partial charge in [-0.3, -0.25) is 0 Å². The quantitative estimate of drug-likeness (QED) is 0.141. The lowest BCUT2D eigenvalue weighted by Gasteiger charge is -2.29. The molecule has 0 radical (unpaired) electrons. The number of rotatable bonds is 8. The number of fused-ring (bicyclic) bond motifs is 3. The predicted molar refractivity (Wildman–Crippen MR) is 243 cm³/mol. The third-order valence-electron chi connectivity index (χ3n) is 11.0. The van der Waals surface area contributed by atoms with Crippen LogP contribution in [0.25, 0.3) is 77.2 Å². The molecule has 10 aromatic rings. The number of para-hydroxylation sites is 1. The van der Waals surface area contributed by atoms with Crippen molar-refractivity contribution in [3.8, 4) is 55.6 Å². The Hall–Kier alpha value is -7.48. The monoisotopic (exact) mass is 725 g/mol. The fraction of sp³-hybridized carbons (Fsp3) is 0. The van der Waals surface area contributed by atoms with Gasteiger partial charge in [0.15, 0.2) is 0 Å². The summed E-state index contributed by atoms with van der Waals surface area (Å²) in [5.41, 5.74) is 15.3. The summed E-state index contributed by atoms with van der Waals surface area (Å²) in [6.07, 6.45) is 0. The van der Waals surface area contributed by atoms with E-state index in [1.54, 1.807) is 0 Å². The van der Waals surface area contributed by atoms with Gasteiger partial charge in [-0.1, -0.05) is 200 Å². The number of nitrogens with zero attached hydrogens (tertiary/aromatic N) is 1. The Morgan fingerprint density at radius 2 is 0.649 bits per heavy atom. The van der Waals surface area contributed by atoms with Gasteiger partial charge in [0, 0.05) is 16.9 Å². The van der Waals surface area contributed by atoms with E-state index < -0.39 is 0 Å². The lowest BCUT2D eigenvalue weighted by Crippen LogP contribution is -2.11. The van der Waals surface area contributed by atoms with Crippen LogP contribution in [0.1, 0.15) is 0 Å². The van der Waals surface area contributed by atoms with Crippen molar-refractivity contribution in [2.24, 2.45) is 0 Å². The highest BCUT2D eigenvalue weighted by Crippen LogP contribution is 2.47. The molecule has 0 amide bonds. The summed E-state index contributed by atoms with van der Waals surface area (Å²) >= 11 is 0. The van der Waals surface area contributed by atoms with Crippen LogP contribution < -0.4 is 4.90 Å². The van der Waals surface area contributed by atoms with Crippen molar-refractivity contribution in [2.75, 3.05) is 4.90 Å².